The molecule has 1 fully saturated rings. The van der Waals surface area contributed by atoms with E-state index < -0.39 is 17.8 Å². The molecule has 2 N–H and O–H groups in total. The predicted octanol–water partition coefficient (Wildman–Crippen LogP) is 2.65. The average molecular weight is 482 g/mol. The number of aromatic hydroxyl groups is 1. The maximum Gasteiger partial charge on any atom is 0.331 e. The Morgan fingerprint density at radius 1 is 1.33 bits per heavy atom. The van der Waals surface area contributed by atoms with Crippen LogP contribution in [0.4, 0.5) is 4.79 Å². The van der Waals surface area contributed by atoms with Gasteiger partial charge in [0.2, 0.25) is 0 Å². The van der Waals surface area contributed by atoms with Crippen LogP contribution in [-0.4, -0.2) is 34.5 Å². The molecule has 2 aromatic rings. The third kappa shape index (κ3) is 3.97. The monoisotopic (exact) mass is 482 g/mol. The second-order valence-corrected chi connectivity index (χ2v) is 6.73. The number of amides is 4. The van der Waals surface area contributed by atoms with Crippen LogP contribution in [0.2, 0.25) is 0 Å². The van der Waals surface area contributed by atoms with Crippen molar-refractivity contribution in [2.75, 3.05) is 6.61 Å². The summed E-state index contributed by atoms with van der Waals surface area (Å²) in [4.78, 5) is 37.8. The Hall–Kier alpha value is -2.82. The summed E-state index contributed by atoms with van der Waals surface area (Å²) in [5.41, 5.74) is 0.275. The quantitative estimate of drug-likeness (QED) is 0.386. The molecule has 0 saturated carbocycles. The Bertz CT molecular complexity index is 936. The van der Waals surface area contributed by atoms with E-state index in [1.54, 1.807) is 25.1 Å². The molecule has 3 rings (SSSR count). The Labute approximate surface area is 167 Å². The minimum absolute atomic E-state index is 0.0198. The number of phenols is 1. The van der Waals surface area contributed by atoms with Crippen LogP contribution in [0, 0.1) is 3.57 Å². The van der Waals surface area contributed by atoms with Crippen molar-refractivity contribution in [2.24, 2.45) is 0 Å². The highest BCUT2D eigenvalue weighted by atomic mass is 127. The lowest BCUT2D eigenvalue weighted by molar-refractivity contribution is -0.130. The molecule has 0 radical (unpaired) electrons. The van der Waals surface area contributed by atoms with Gasteiger partial charge < -0.3 is 14.3 Å². The molecule has 1 aromatic heterocycles. The van der Waals surface area contributed by atoms with E-state index in [4.69, 9.17) is 9.15 Å². The van der Waals surface area contributed by atoms with E-state index in [-0.39, 0.29) is 23.6 Å². The van der Waals surface area contributed by atoms with Crippen LogP contribution in [0.5, 0.6) is 11.5 Å². The molecule has 140 valence electrons. The van der Waals surface area contributed by atoms with E-state index in [9.17, 15) is 19.5 Å². The molecule has 1 aromatic carbocycles. The third-order valence-electron chi connectivity index (χ3n) is 3.74. The van der Waals surface area contributed by atoms with Crippen LogP contribution < -0.4 is 10.1 Å². The SMILES string of the molecule is CCOc1cc(/C=C2\C(=O)NC(=O)N(Cc3ccco3)C2=O)cc(I)c1O. The topological polar surface area (TPSA) is 109 Å². The molecule has 0 aliphatic carbocycles. The van der Waals surface area contributed by atoms with E-state index in [0.717, 1.165) is 4.90 Å². The number of carbonyl (C=O) groups is 3. The summed E-state index contributed by atoms with van der Waals surface area (Å²) >= 11 is 1.92. The molecule has 8 nitrogen and oxygen atoms in total. The summed E-state index contributed by atoms with van der Waals surface area (Å²) in [5.74, 6) is -0.898. The Morgan fingerprint density at radius 3 is 2.78 bits per heavy atom. The molecule has 0 unspecified atom stereocenters. The normalized spacial score (nSPS) is 16.0. The standard InChI is InChI=1S/C18H15IN2O6/c1-2-26-14-8-10(7-13(19)15(14)22)6-12-16(23)20-18(25)21(17(12)24)9-11-4-3-5-27-11/h3-8,22H,2,9H2,1H3,(H,20,23,25)/b12-6+. The summed E-state index contributed by atoms with van der Waals surface area (Å²) in [6.45, 7) is 2.02. The molecule has 2 heterocycles. The lowest BCUT2D eigenvalue weighted by Gasteiger charge is -2.25. The molecule has 4 amide bonds. The van der Waals surface area contributed by atoms with Crippen LogP contribution in [0.1, 0.15) is 18.2 Å². The Kier molecular flexibility index (Phi) is 5.49. The summed E-state index contributed by atoms with van der Waals surface area (Å²) in [6, 6.07) is 5.56. The minimum Gasteiger partial charge on any atom is -0.504 e. The van der Waals surface area contributed by atoms with Crippen LogP contribution in [0.3, 0.4) is 0 Å². The molecule has 1 aliphatic heterocycles. The number of rotatable bonds is 5. The highest BCUT2D eigenvalue weighted by molar-refractivity contribution is 14.1. The van der Waals surface area contributed by atoms with Crippen LogP contribution in [0.25, 0.3) is 6.08 Å². The highest BCUT2D eigenvalue weighted by Crippen LogP contribution is 2.33. The highest BCUT2D eigenvalue weighted by Gasteiger charge is 2.36. The van der Waals surface area contributed by atoms with E-state index in [2.05, 4.69) is 5.32 Å². The molecule has 27 heavy (non-hydrogen) atoms. The van der Waals surface area contributed by atoms with Gasteiger partial charge in [0.15, 0.2) is 11.5 Å². The average Bonchev–Trinajstić information content (AvgIpc) is 3.13. The summed E-state index contributed by atoms with van der Waals surface area (Å²) in [7, 11) is 0. The van der Waals surface area contributed by atoms with Gasteiger partial charge in [0.1, 0.15) is 11.3 Å². The van der Waals surface area contributed by atoms with Gasteiger partial charge >= 0.3 is 6.03 Å². The van der Waals surface area contributed by atoms with Gasteiger partial charge in [0.05, 0.1) is 23.0 Å². The van der Waals surface area contributed by atoms with Crippen molar-refractivity contribution in [3.05, 3.63) is 51.0 Å². The predicted molar refractivity (Wildman–Crippen MR) is 103 cm³/mol. The van der Waals surface area contributed by atoms with Gasteiger partial charge in [-0.3, -0.25) is 19.8 Å². The zero-order valence-electron chi connectivity index (χ0n) is 14.2. The molecule has 0 spiro atoms. The van der Waals surface area contributed by atoms with Crippen LogP contribution in [-0.2, 0) is 16.1 Å². The minimum atomic E-state index is -0.811. The number of furan rings is 1. The first kappa shape index (κ1) is 19.0. The third-order valence-corrected chi connectivity index (χ3v) is 4.56. The number of ether oxygens (including phenoxy) is 1. The van der Waals surface area contributed by atoms with Gasteiger partial charge in [-0.05, 0) is 65.4 Å². The van der Waals surface area contributed by atoms with E-state index in [0.29, 0.717) is 21.5 Å². The summed E-state index contributed by atoms with van der Waals surface area (Å²) in [6.07, 6.45) is 2.78. The largest absolute Gasteiger partial charge is 0.504 e. The summed E-state index contributed by atoms with van der Waals surface area (Å²) < 4.78 is 11.0. The van der Waals surface area contributed by atoms with Gasteiger partial charge in [-0.15, -0.1) is 0 Å². The zero-order chi connectivity index (χ0) is 19.6. The van der Waals surface area contributed by atoms with Gasteiger partial charge in [0.25, 0.3) is 11.8 Å². The lowest BCUT2D eigenvalue weighted by Crippen LogP contribution is -2.53. The summed E-state index contributed by atoms with van der Waals surface area (Å²) in [5, 5.41) is 12.2. The fourth-order valence-electron chi connectivity index (χ4n) is 2.51. The molecule has 1 aliphatic rings. The van der Waals surface area contributed by atoms with Crippen molar-refractivity contribution in [2.45, 2.75) is 13.5 Å². The fraction of sp³-hybridized carbons (Fsp3) is 0.167. The number of phenolic OH excluding ortho intramolecular Hbond substituents is 1. The molecule has 0 bridgehead atoms. The first-order valence-corrected chi connectivity index (χ1v) is 9.05. The van der Waals surface area contributed by atoms with Gasteiger partial charge in [0, 0.05) is 0 Å². The molecule has 9 heteroatoms. The second kappa shape index (κ2) is 7.82. The van der Waals surface area contributed by atoms with Crippen molar-refractivity contribution in [1.29, 1.82) is 0 Å². The molecular formula is C18H15IN2O6. The van der Waals surface area contributed by atoms with E-state index in [1.165, 1.54) is 18.4 Å². The van der Waals surface area contributed by atoms with E-state index in [1.807, 2.05) is 22.6 Å². The van der Waals surface area contributed by atoms with Crippen molar-refractivity contribution >= 4 is 46.5 Å². The van der Waals surface area contributed by atoms with Gasteiger partial charge in [-0.25, -0.2) is 4.79 Å². The number of nitrogens with zero attached hydrogens (tertiary/aromatic N) is 1. The maximum absolute atomic E-state index is 12.7. The fourth-order valence-corrected chi connectivity index (χ4v) is 3.13. The van der Waals surface area contributed by atoms with Crippen LogP contribution >= 0.6 is 22.6 Å². The number of imide groups is 2. The molecule has 1 saturated heterocycles. The molecular weight excluding hydrogens is 467 g/mol. The Balaban J connectivity index is 1.95. The lowest BCUT2D eigenvalue weighted by atomic mass is 10.1. The molecule has 0 atom stereocenters. The number of hydrogen-bond donors (Lipinski definition) is 2. The van der Waals surface area contributed by atoms with Crippen molar-refractivity contribution < 1.29 is 28.6 Å². The second-order valence-electron chi connectivity index (χ2n) is 5.57. The van der Waals surface area contributed by atoms with E-state index >= 15 is 0 Å². The number of hydrogen-bond acceptors (Lipinski definition) is 6. The maximum atomic E-state index is 12.7. The Morgan fingerprint density at radius 2 is 2.11 bits per heavy atom. The van der Waals surface area contributed by atoms with Crippen LogP contribution in [0.15, 0.2) is 40.5 Å². The number of carbonyl (C=O) groups excluding carboxylic acids is 3. The van der Waals surface area contributed by atoms with Crippen molar-refractivity contribution in [3.63, 3.8) is 0 Å². The van der Waals surface area contributed by atoms with Crippen molar-refractivity contribution in [3.8, 4) is 11.5 Å². The van der Waals surface area contributed by atoms with Gasteiger partial charge in [-0.2, -0.15) is 0 Å². The number of halogens is 1. The number of urea groups is 1. The van der Waals surface area contributed by atoms with Gasteiger partial charge in [-0.1, -0.05) is 0 Å². The smallest absolute Gasteiger partial charge is 0.331 e. The first-order chi connectivity index (χ1) is 12.9. The number of nitrogens with one attached hydrogen (secondary N) is 1. The first-order valence-electron chi connectivity index (χ1n) is 7.97. The van der Waals surface area contributed by atoms with Crippen molar-refractivity contribution in [1.82, 2.24) is 10.2 Å². The number of barbiturate groups is 1. The number of benzene rings is 1. The zero-order valence-corrected chi connectivity index (χ0v) is 16.3.